The number of rotatable bonds is 6. The third-order valence-electron chi connectivity index (χ3n) is 4.62. The summed E-state index contributed by atoms with van der Waals surface area (Å²) in [5, 5.41) is 5.06. The van der Waals surface area contributed by atoms with Gasteiger partial charge >= 0.3 is 18.0 Å². The van der Waals surface area contributed by atoms with Crippen LogP contribution >= 0.6 is 0 Å². The molecular formula is C19H21FN2O5. The predicted molar refractivity (Wildman–Crippen MR) is 93.0 cm³/mol. The number of carbonyl (C=O) groups excluding carboxylic acids is 3. The molecule has 3 rings (SSSR count). The van der Waals surface area contributed by atoms with Crippen LogP contribution in [0.2, 0.25) is 0 Å². The molecule has 144 valence electrons. The summed E-state index contributed by atoms with van der Waals surface area (Å²) < 4.78 is 24.1. The molecule has 0 bridgehead atoms. The van der Waals surface area contributed by atoms with Crippen molar-refractivity contribution in [3.63, 3.8) is 0 Å². The molecule has 0 spiro atoms. The number of urea groups is 1. The molecule has 7 nitrogen and oxygen atoms in total. The van der Waals surface area contributed by atoms with Crippen molar-refractivity contribution >= 4 is 18.0 Å². The molecule has 0 saturated heterocycles. The van der Waals surface area contributed by atoms with Gasteiger partial charge in [0.05, 0.1) is 29.8 Å². The summed E-state index contributed by atoms with van der Waals surface area (Å²) in [6.07, 6.45) is 0.508. The fraction of sp³-hybridized carbons (Fsp3) is 0.421. The third kappa shape index (κ3) is 4.10. The molecule has 1 aromatic carbocycles. The summed E-state index contributed by atoms with van der Waals surface area (Å²) in [6.45, 7) is 3.24. The van der Waals surface area contributed by atoms with E-state index < -0.39 is 29.9 Å². The van der Waals surface area contributed by atoms with Crippen molar-refractivity contribution < 1.29 is 28.2 Å². The first-order valence-corrected chi connectivity index (χ1v) is 8.81. The zero-order chi connectivity index (χ0) is 19.6. The molecular weight excluding hydrogens is 355 g/mol. The highest BCUT2D eigenvalue weighted by Gasteiger charge is 2.46. The summed E-state index contributed by atoms with van der Waals surface area (Å²) in [7, 11) is 0. The second-order valence-electron chi connectivity index (χ2n) is 6.51. The lowest BCUT2D eigenvalue weighted by atomic mass is 10.0. The minimum atomic E-state index is -0.584. The van der Waals surface area contributed by atoms with E-state index in [1.165, 1.54) is 6.07 Å². The number of amides is 2. The van der Waals surface area contributed by atoms with Gasteiger partial charge < -0.3 is 20.1 Å². The van der Waals surface area contributed by atoms with Gasteiger partial charge in [-0.3, -0.25) is 4.79 Å². The zero-order valence-electron chi connectivity index (χ0n) is 15.1. The fourth-order valence-corrected chi connectivity index (χ4v) is 3.22. The van der Waals surface area contributed by atoms with Crippen molar-refractivity contribution in [2.24, 2.45) is 5.92 Å². The van der Waals surface area contributed by atoms with Crippen LogP contribution in [0, 0.1) is 11.7 Å². The van der Waals surface area contributed by atoms with Crippen LogP contribution in [0.1, 0.15) is 31.7 Å². The Morgan fingerprint density at radius 3 is 2.70 bits per heavy atom. The van der Waals surface area contributed by atoms with Crippen molar-refractivity contribution in [2.75, 3.05) is 13.2 Å². The van der Waals surface area contributed by atoms with E-state index in [2.05, 4.69) is 10.6 Å². The first-order chi connectivity index (χ1) is 12.9. The highest BCUT2D eigenvalue weighted by molar-refractivity contribution is 5.94. The number of hydrogen-bond acceptors (Lipinski definition) is 5. The van der Waals surface area contributed by atoms with Gasteiger partial charge in [-0.2, -0.15) is 0 Å². The van der Waals surface area contributed by atoms with Gasteiger partial charge in [0.25, 0.3) is 0 Å². The van der Waals surface area contributed by atoms with Crippen LogP contribution in [0.25, 0.3) is 0 Å². The summed E-state index contributed by atoms with van der Waals surface area (Å²) in [4.78, 5) is 36.1. The predicted octanol–water partition coefficient (Wildman–Crippen LogP) is 1.99. The molecule has 1 aliphatic heterocycles. The van der Waals surface area contributed by atoms with E-state index in [1.54, 1.807) is 32.0 Å². The van der Waals surface area contributed by atoms with Gasteiger partial charge in [-0.15, -0.1) is 0 Å². The Hall–Kier alpha value is -2.90. The van der Waals surface area contributed by atoms with E-state index in [0.717, 1.165) is 0 Å². The minimum Gasteiger partial charge on any atom is -0.463 e. The van der Waals surface area contributed by atoms with Crippen molar-refractivity contribution in [3.05, 3.63) is 46.9 Å². The van der Waals surface area contributed by atoms with Gasteiger partial charge in [0.2, 0.25) is 0 Å². The average molecular weight is 376 g/mol. The smallest absolute Gasteiger partial charge is 0.338 e. The molecule has 27 heavy (non-hydrogen) atoms. The molecule has 2 amide bonds. The molecule has 0 aromatic heterocycles. The Kier molecular flexibility index (Phi) is 5.43. The van der Waals surface area contributed by atoms with Crippen LogP contribution in [0.5, 0.6) is 0 Å². The molecule has 1 fully saturated rings. The SMILES string of the molecule is CCOC(=O)C1=C(COC(=O)[C@@H]2C[C@H]2c2ccccc2F)NC(=O)N[C@H]1C. The maximum Gasteiger partial charge on any atom is 0.338 e. The molecule has 2 aliphatic rings. The third-order valence-corrected chi connectivity index (χ3v) is 4.62. The van der Waals surface area contributed by atoms with Crippen LogP contribution in [-0.4, -0.2) is 37.2 Å². The Morgan fingerprint density at radius 1 is 1.26 bits per heavy atom. The molecule has 1 heterocycles. The number of nitrogens with one attached hydrogen (secondary N) is 2. The molecule has 1 aliphatic carbocycles. The monoisotopic (exact) mass is 376 g/mol. The average Bonchev–Trinajstić information content (AvgIpc) is 3.40. The summed E-state index contributed by atoms with van der Waals surface area (Å²) in [5.74, 6) is -2.05. The molecule has 3 atom stereocenters. The Morgan fingerprint density at radius 2 is 2.00 bits per heavy atom. The zero-order valence-corrected chi connectivity index (χ0v) is 15.1. The topological polar surface area (TPSA) is 93.7 Å². The van der Waals surface area contributed by atoms with Crippen LogP contribution in [0.3, 0.4) is 0 Å². The highest BCUT2D eigenvalue weighted by atomic mass is 19.1. The summed E-state index contributed by atoms with van der Waals surface area (Å²) >= 11 is 0. The quantitative estimate of drug-likeness (QED) is 0.741. The standard InChI is InChI=1S/C19H21FN2O5/c1-3-26-18(24)16-10(2)21-19(25)22-15(16)9-27-17(23)13-8-12(13)11-6-4-5-7-14(11)20/h4-7,10,12-13H,3,8-9H2,1-2H3,(H2,21,22,25)/t10-,12-,13+/m0/s1. The van der Waals surface area contributed by atoms with Crippen LogP contribution in [0.4, 0.5) is 9.18 Å². The van der Waals surface area contributed by atoms with E-state index in [9.17, 15) is 18.8 Å². The summed E-state index contributed by atoms with van der Waals surface area (Å²) in [6, 6.07) is 5.28. The number of hydrogen-bond donors (Lipinski definition) is 2. The molecule has 0 radical (unpaired) electrons. The lowest BCUT2D eigenvalue weighted by Crippen LogP contribution is -2.50. The Balaban J connectivity index is 1.66. The highest BCUT2D eigenvalue weighted by Crippen LogP contribution is 2.48. The lowest BCUT2D eigenvalue weighted by molar-refractivity contribution is -0.145. The van der Waals surface area contributed by atoms with Crippen LogP contribution < -0.4 is 10.6 Å². The normalized spacial score (nSPS) is 24.0. The van der Waals surface area contributed by atoms with Crippen molar-refractivity contribution in [3.8, 4) is 0 Å². The molecule has 1 aromatic rings. The van der Waals surface area contributed by atoms with Crippen molar-refractivity contribution in [2.45, 2.75) is 32.2 Å². The number of benzene rings is 1. The van der Waals surface area contributed by atoms with Crippen LogP contribution in [0.15, 0.2) is 35.5 Å². The van der Waals surface area contributed by atoms with Gasteiger partial charge in [-0.1, -0.05) is 18.2 Å². The van der Waals surface area contributed by atoms with E-state index in [0.29, 0.717) is 12.0 Å². The van der Waals surface area contributed by atoms with E-state index in [-0.39, 0.29) is 36.2 Å². The second kappa shape index (κ2) is 7.77. The van der Waals surface area contributed by atoms with Crippen LogP contribution in [-0.2, 0) is 19.1 Å². The van der Waals surface area contributed by atoms with E-state index in [1.807, 2.05) is 0 Å². The number of ether oxygens (including phenoxy) is 2. The number of halogens is 1. The first-order valence-electron chi connectivity index (χ1n) is 8.81. The Labute approximate surface area is 155 Å². The minimum absolute atomic E-state index is 0.183. The second-order valence-corrected chi connectivity index (χ2v) is 6.51. The molecule has 2 N–H and O–H groups in total. The fourth-order valence-electron chi connectivity index (χ4n) is 3.22. The first kappa shape index (κ1) is 18.9. The maximum atomic E-state index is 13.8. The van der Waals surface area contributed by atoms with E-state index in [4.69, 9.17) is 9.47 Å². The van der Waals surface area contributed by atoms with Gasteiger partial charge in [-0.05, 0) is 31.9 Å². The maximum absolute atomic E-state index is 13.8. The lowest BCUT2D eigenvalue weighted by Gasteiger charge is -2.26. The van der Waals surface area contributed by atoms with Gasteiger partial charge in [-0.25, -0.2) is 14.0 Å². The summed E-state index contributed by atoms with van der Waals surface area (Å²) in [5.41, 5.74) is 0.904. The van der Waals surface area contributed by atoms with Gasteiger partial charge in [0.15, 0.2) is 0 Å². The number of esters is 2. The van der Waals surface area contributed by atoms with Crippen molar-refractivity contribution in [1.29, 1.82) is 0 Å². The van der Waals surface area contributed by atoms with Gasteiger partial charge in [0, 0.05) is 5.92 Å². The number of carbonyl (C=O) groups is 3. The Bertz CT molecular complexity index is 807. The molecule has 8 heteroatoms. The van der Waals surface area contributed by atoms with Crippen molar-refractivity contribution in [1.82, 2.24) is 10.6 Å². The molecule has 1 saturated carbocycles. The largest absolute Gasteiger partial charge is 0.463 e. The molecule has 0 unspecified atom stereocenters. The van der Waals surface area contributed by atoms with E-state index >= 15 is 0 Å². The van der Waals surface area contributed by atoms with Gasteiger partial charge in [0.1, 0.15) is 12.4 Å².